The third-order valence-corrected chi connectivity index (χ3v) is 6.11. The summed E-state index contributed by atoms with van der Waals surface area (Å²) < 4.78 is 11.0. The Morgan fingerprint density at radius 3 is 1.38 bits per heavy atom. The zero-order valence-corrected chi connectivity index (χ0v) is 19.2. The summed E-state index contributed by atoms with van der Waals surface area (Å²) in [5.41, 5.74) is 0. The minimum absolute atomic E-state index is 0.184. The predicted molar refractivity (Wildman–Crippen MR) is 119 cm³/mol. The van der Waals surface area contributed by atoms with Gasteiger partial charge in [-0.15, -0.1) is 0 Å². The zero-order valence-electron chi connectivity index (χ0n) is 19.2. The molecule has 4 nitrogen and oxygen atoms in total. The quantitative estimate of drug-likeness (QED) is 0.191. The van der Waals surface area contributed by atoms with Gasteiger partial charge in [0.25, 0.3) is 0 Å². The van der Waals surface area contributed by atoms with Gasteiger partial charge in [0.05, 0.1) is 25.0 Å². The zero-order chi connectivity index (χ0) is 21.2. The van der Waals surface area contributed by atoms with Crippen LogP contribution in [-0.2, 0) is 19.1 Å². The first-order valence-electron chi connectivity index (χ1n) is 12.5. The smallest absolute Gasteiger partial charge is 0.309 e. The molecule has 0 radical (unpaired) electrons. The predicted octanol–water partition coefficient (Wildman–Crippen LogP) is 6.99. The van der Waals surface area contributed by atoms with Gasteiger partial charge in [-0.1, -0.05) is 97.3 Å². The van der Waals surface area contributed by atoms with Crippen LogP contribution in [0.5, 0.6) is 0 Å². The largest absolute Gasteiger partial charge is 0.465 e. The van der Waals surface area contributed by atoms with Crippen LogP contribution in [0.15, 0.2) is 0 Å². The topological polar surface area (TPSA) is 52.6 Å². The van der Waals surface area contributed by atoms with Gasteiger partial charge < -0.3 is 9.47 Å². The molecule has 0 bridgehead atoms. The molecule has 0 heterocycles. The van der Waals surface area contributed by atoms with Gasteiger partial charge in [0, 0.05) is 0 Å². The average Bonchev–Trinajstić information content (AvgIpc) is 2.74. The Balaban J connectivity index is 2.13. The summed E-state index contributed by atoms with van der Waals surface area (Å²) in [5, 5.41) is 0. The van der Waals surface area contributed by atoms with Crippen molar-refractivity contribution in [1.82, 2.24) is 0 Å². The van der Waals surface area contributed by atoms with Crippen molar-refractivity contribution >= 4 is 11.9 Å². The molecule has 0 spiro atoms. The fourth-order valence-electron chi connectivity index (χ4n) is 4.20. The third-order valence-electron chi connectivity index (χ3n) is 6.11. The van der Waals surface area contributed by atoms with Crippen LogP contribution in [-0.4, -0.2) is 25.2 Å². The molecule has 0 saturated heterocycles. The van der Waals surface area contributed by atoms with Crippen molar-refractivity contribution in [2.45, 2.75) is 123 Å². The van der Waals surface area contributed by atoms with Crippen molar-refractivity contribution in [2.75, 3.05) is 13.2 Å². The Labute approximate surface area is 179 Å². The highest BCUT2D eigenvalue weighted by Crippen LogP contribution is 2.32. The van der Waals surface area contributed by atoms with E-state index >= 15 is 0 Å². The lowest BCUT2D eigenvalue weighted by atomic mass is 9.79. The summed E-state index contributed by atoms with van der Waals surface area (Å²) in [6, 6.07) is 0. The second kappa shape index (κ2) is 17.8. The maximum atomic E-state index is 12.5. The summed E-state index contributed by atoms with van der Waals surface area (Å²) in [6.45, 7) is 5.35. The first kappa shape index (κ1) is 26.0. The van der Waals surface area contributed by atoms with E-state index in [4.69, 9.17) is 9.47 Å². The molecule has 0 aromatic rings. The van der Waals surface area contributed by atoms with Crippen LogP contribution in [0.1, 0.15) is 123 Å². The van der Waals surface area contributed by atoms with Crippen LogP contribution in [0.4, 0.5) is 0 Å². The molecular formula is C25H46O4. The van der Waals surface area contributed by atoms with E-state index in [-0.39, 0.29) is 23.8 Å². The van der Waals surface area contributed by atoms with Gasteiger partial charge in [0.15, 0.2) is 0 Å². The number of carbonyl (C=O) groups is 2. The summed E-state index contributed by atoms with van der Waals surface area (Å²) in [5.74, 6) is -0.978. The molecule has 0 aromatic heterocycles. The first-order chi connectivity index (χ1) is 14.2. The Morgan fingerprint density at radius 2 is 0.931 bits per heavy atom. The molecule has 1 rings (SSSR count). The van der Waals surface area contributed by atoms with E-state index in [1.807, 2.05) is 0 Å². The minimum Gasteiger partial charge on any atom is -0.465 e. The molecule has 1 saturated carbocycles. The lowest BCUT2D eigenvalue weighted by molar-refractivity contribution is -0.163. The Hall–Kier alpha value is -1.06. The van der Waals surface area contributed by atoms with Gasteiger partial charge in [0.1, 0.15) is 0 Å². The van der Waals surface area contributed by atoms with Crippen molar-refractivity contribution in [2.24, 2.45) is 11.8 Å². The van der Waals surface area contributed by atoms with E-state index in [2.05, 4.69) is 13.8 Å². The monoisotopic (exact) mass is 410 g/mol. The molecule has 0 amide bonds. The van der Waals surface area contributed by atoms with Crippen molar-refractivity contribution in [1.29, 1.82) is 0 Å². The van der Waals surface area contributed by atoms with Gasteiger partial charge in [-0.2, -0.15) is 0 Å². The lowest BCUT2D eigenvalue weighted by Gasteiger charge is -2.28. The molecule has 1 aliphatic rings. The molecule has 4 heteroatoms. The molecule has 0 aliphatic heterocycles. The van der Waals surface area contributed by atoms with Crippen molar-refractivity contribution < 1.29 is 19.1 Å². The number of ether oxygens (including phenoxy) is 2. The number of rotatable bonds is 17. The standard InChI is InChI=1S/C25H46O4/c1-3-5-7-8-9-10-11-12-13-17-21-29-25(27)23-19-15-14-18-22(23)24(26)28-20-16-6-4-2/h22-23H,3-21H2,1-2H3. The molecule has 0 aromatic carbocycles. The Bertz CT molecular complexity index is 421. The van der Waals surface area contributed by atoms with Crippen LogP contribution >= 0.6 is 0 Å². The molecule has 1 aliphatic carbocycles. The maximum Gasteiger partial charge on any atom is 0.309 e. The second-order valence-corrected chi connectivity index (χ2v) is 8.72. The van der Waals surface area contributed by atoms with Crippen LogP contribution in [0, 0.1) is 11.8 Å². The molecule has 29 heavy (non-hydrogen) atoms. The van der Waals surface area contributed by atoms with Gasteiger partial charge in [-0.25, -0.2) is 0 Å². The van der Waals surface area contributed by atoms with Crippen LogP contribution in [0.3, 0.4) is 0 Å². The first-order valence-corrected chi connectivity index (χ1v) is 12.5. The highest BCUT2D eigenvalue weighted by Gasteiger charge is 2.37. The lowest BCUT2D eigenvalue weighted by Crippen LogP contribution is -2.35. The molecule has 1 fully saturated rings. The number of unbranched alkanes of at least 4 members (excludes halogenated alkanes) is 11. The Kier molecular flexibility index (Phi) is 15.9. The van der Waals surface area contributed by atoms with Crippen molar-refractivity contribution in [3.05, 3.63) is 0 Å². The van der Waals surface area contributed by atoms with Crippen molar-refractivity contribution in [3.8, 4) is 0 Å². The SMILES string of the molecule is CCCCCCCCCCCCOC(=O)C1CCCCC1C(=O)OCCCCC. The summed E-state index contributed by atoms with van der Waals surface area (Å²) in [6.07, 6.45) is 19.2. The number of carbonyl (C=O) groups excluding carboxylic acids is 2. The molecule has 2 unspecified atom stereocenters. The van der Waals surface area contributed by atoms with E-state index in [0.717, 1.165) is 57.8 Å². The van der Waals surface area contributed by atoms with Crippen LogP contribution in [0.2, 0.25) is 0 Å². The van der Waals surface area contributed by atoms with E-state index < -0.39 is 0 Å². The van der Waals surface area contributed by atoms with E-state index in [0.29, 0.717) is 13.2 Å². The maximum absolute atomic E-state index is 12.5. The minimum atomic E-state index is -0.300. The van der Waals surface area contributed by atoms with Gasteiger partial charge >= 0.3 is 11.9 Å². The fraction of sp³-hybridized carbons (Fsp3) is 0.920. The molecule has 2 atom stereocenters. The normalized spacial score (nSPS) is 19.1. The number of esters is 2. The summed E-state index contributed by atoms with van der Waals surface area (Å²) >= 11 is 0. The van der Waals surface area contributed by atoms with Crippen LogP contribution < -0.4 is 0 Å². The third kappa shape index (κ3) is 12.3. The molecular weight excluding hydrogens is 364 g/mol. The van der Waals surface area contributed by atoms with Gasteiger partial charge in [0.2, 0.25) is 0 Å². The Morgan fingerprint density at radius 1 is 0.586 bits per heavy atom. The van der Waals surface area contributed by atoms with E-state index in [1.165, 1.54) is 51.4 Å². The highest BCUT2D eigenvalue weighted by atomic mass is 16.5. The van der Waals surface area contributed by atoms with Crippen molar-refractivity contribution in [3.63, 3.8) is 0 Å². The summed E-state index contributed by atoms with van der Waals surface area (Å²) in [7, 11) is 0. The highest BCUT2D eigenvalue weighted by molar-refractivity contribution is 5.82. The van der Waals surface area contributed by atoms with Gasteiger partial charge in [-0.3, -0.25) is 9.59 Å². The molecule has 170 valence electrons. The van der Waals surface area contributed by atoms with E-state index in [9.17, 15) is 9.59 Å². The average molecular weight is 411 g/mol. The molecule has 0 N–H and O–H groups in total. The van der Waals surface area contributed by atoms with E-state index in [1.54, 1.807) is 0 Å². The number of hydrogen-bond acceptors (Lipinski definition) is 4. The number of hydrogen-bond donors (Lipinski definition) is 0. The van der Waals surface area contributed by atoms with Crippen LogP contribution in [0.25, 0.3) is 0 Å². The summed E-state index contributed by atoms with van der Waals surface area (Å²) in [4.78, 5) is 24.9. The fourth-order valence-corrected chi connectivity index (χ4v) is 4.20. The van der Waals surface area contributed by atoms with Gasteiger partial charge in [-0.05, 0) is 25.7 Å². The second-order valence-electron chi connectivity index (χ2n) is 8.72.